The van der Waals surface area contributed by atoms with Crippen LogP contribution in [0.4, 0.5) is 5.69 Å². The van der Waals surface area contributed by atoms with Gasteiger partial charge in [-0.15, -0.1) is 0 Å². The lowest BCUT2D eigenvalue weighted by molar-refractivity contribution is 0.276. The molecule has 5 nitrogen and oxygen atoms in total. The maximum absolute atomic E-state index is 4.42. The Hall–Kier alpha value is -1.91. The molecule has 2 heterocycles. The molecule has 1 fully saturated rings. The van der Waals surface area contributed by atoms with Crippen LogP contribution in [0.5, 0.6) is 0 Å². The quantitative estimate of drug-likeness (QED) is 0.932. The normalized spacial score (nSPS) is 26.4. The van der Waals surface area contributed by atoms with E-state index in [1.165, 1.54) is 25.6 Å². The summed E-state index contributed by atoms with van der Waals surface area (Å²) in [6, 6.07) is 4.59. The molecule has 1 N–H and O–H groups in total. The van der Waals surface area contributed by atoms with Crippen LogP contribution in [-0.4, -0.2) is 25.8 Å². The van der Waals surface area contributed by atoms with E-state index < -0.39 is 0 Å². The minimum atomic E-state index is 0.560. The average molecular weight is 271 g/mol. The van der Waals surface area contributed by atoms with E-state index >= 15 is 0 Å². The fraction of sp³-hybridized carbons (Fsp3) is 0.533. The smallest absolute Gasteiger partial charge is 0.155 e. The minimum absolute atomic E-state index is 0.560. The third-order valence-electron chi connectivity index (χ3n) is 4.18. The summed E-state index contributed by atoms with van der Waals surface area (Å²) in [7, 11) is 0. The highest BCUT2D eigenvalue weighted by Gasteiger charge is 2.25. The van der Waals surface area contributed by atoms with Gasteiger partial charge >= 0.3 is 0 Å². The zero-order valence-corrected chi connectivity index (χ0v) is 12.0. The van der Waals surface area contributed by atoms with Gasteiger partial charge in [0, 0.05) is 6.04 Å². The first kappa shape index (κ1) is 13.1. The molecule has 3 unspecified atom stereocenters. The van der Waals surface area contributed by atoms with E-state index in [1.807, 2.05) is 12.3 Å². The van der Waals surface area contributed by atoms with E-state index in [1.54, 1.807) is 11.0 Å². The van der Waals surface area contributed by atoms with Gasteiger partial charge in [-0.05, 0) is 43.2 Å². The number of hydrogen-bond acceptors (Lipinski definition) is 4. The van der Waals surface area contributed by atoms with Gasteiger partial charge in [0.25, 0.3) is 0 Å². The third-order valence-corrected chi connectivity index (χ3v) is 4.18. The summed E-state index contributed by atoms with van der Waals surface area (Å²) in [5, 5.41) is 7.69. The number of nitrogens with one attached hydrogen (secondary N) is 1. The van der Waals surface area contributed by atoms with Crippen LogP contribution in [0.2, 0.25) is 0 Å². The fourth-order valence-corrected chi connectivity index (χ4v) is 3.03. The molecule has 0 spiro atoms. The topological polar surface area (TPSA) is 55.6 Å². The molecule has 2 aromatic heterocycles. The molecule has 0 aliphatic heterocycles. The van der Waals surface area contributed by atoms with Gasteiger partial charge in [-0.25, -0.2) is 14.6 Å². The molecular formula is C15H21N5. The first-order chi connectivity index (χ1) is 9.72. The van der Waals surface area contributed by atoms with Gasteiger partial charge in [-0.3, -0.25) is 0 Å². The van der Waals surface area contributed by atoms with Crippen LogP contribution >= 0.6 is 0 Å². The van der Waals surface area contributed by atoms with Gasteiger partial charge in [0.1, 0.15) is 12.7 Å². The Balaban J connectivity index is 1.66. The van der Waals surface area contributed by atoms with Gasteiger partial charge in [0.15, 0.2) is 5.82 Å². The molecule has 0 bridgehead atoms. The monoisotopic (exact) mass is 271 g/mol. The molecular weight excluding hydrogens is 250 g/mol. The zero-order valence-electron chi connectivity index (χ0n) is 12.0. The summed E-state index contributed by atoms with van der Waals surface area (Å²) in [6.45, 7) is 4.69. The lowest BCUT2D eigenvalue weighted by Gasteiger charge is -2.33. The molecule has 2 aromatic rings. The Bertz CT molecular complexity index is 534. The molecule has 3 atom stereocenters. The number of nitrogens with zero attached hydrogens (tertiary/aromatic N) is 4. The van der Waals surface area contributed by atoms with Gasteiger partial charge in [-0.2, -0.15) is 5.10 Å². The maximum Gasteiger partial charge on any atom is 0.155 e. The van der Waals surface area contributed by atoms with Crippen molar-refractivity contribution >= 4 is 5.69 Å². The molecule has 106 valence electrons. The molecule has 1 aliphatic rings. The Labute approximate surface area is 119 Å². The van der Waals surface area contributed by atoms with Gasteiger partial charge in [-0.1, -0.05) is 13.8 Å². The van der Waals surface area contributed by atoms with Crippen LogP contribution in [0, 0.1) is 11.8 Å². The van der Waals surface area contributed by atoms with Gasteiger partial charge in [0.2, 0.25) is 0 Å². The average Bonchev–Trinajstić information content (AvgIpc) is 2.97. The largest absolute Gasteiger partial charge is 0.381 e. The second kappa shape index (κ2) is 5.61. The van der Waals surface area contributed by atoms with Crippen molar-refractivity contribution in [2.75, 3.05) is 5.32 Å². The second-order valence-corrected chi connectivity index (χ2v) is 5.89. The summed E-state index contributed by atoms with van der Waals surface area (Å²) in [5.74, 6) is 2.36. The lowest BCUT2D eigenvalue weighted by atomic mass is 9.80. The number of pyridine rings is 1. The van der Waals surface area contributed by atoms with Gasteiger partial charge < -0.3 is 5.32 Å². The van der Waals surface area contributed by atoms with E-state index in [9.17, 15) is 0 Å². The highest BCUT2D eigenvalue weighted by atomic mass is 15.3. The third kappa shape index (κ3) is 2.81. The second-order valence-electron chi connectivity index (χ2n) is 5.89. The molecule has 0 amide bonds. The van der Waals surface area contributed by atoms with Crippen molar-refractivity contribution < 1.29 is 0 Å². The SMILES string of the molecule is CC1CCC(Nc2ccc(-n3cncn3)nc2)C(C)C1. The predicted octanol–water partition coefficient (Wildman–Crippen LogP) is 2.90. The van der Waals surface area contributed by atoms with Crippen LogP contribution in [0.3, 0.4) is 0 Å². The first-order valence-electron chi connectivity index (χ1n) is 7.30. The van der Waals surface area contributed by atoms with Crippen LogP contribution in [0.25, 0.3) is 5.82 Å². The van der Waals surface area contributed by atoms with Crippen molar-refractivity contribution in [1.29, 1.82) is 0 Å². The molecule has 1 aliphatic carbocycles. The Kier molecular flexibility index (Phi) is 3.67. The van der Waals surface area contributed by atoms with Crippen molar-refractivity contribution in [1.82, 2.24) is 19.7 Å². The standard InChI is InChI=1S/C15H21N5/c1-11-3-5-14(12(2)7-11)19-13-4-6-15(17-8-13)20-10-16-9-18-20/h4,6,8-12,14,19H,3,5,7H2,1-2H3. The van der Waals surface area contributed by atoms with Crippen molar-refractivity contribution in [2.24, 2.45) is 11.8 Å². The van der Waals surface area contributed by atoms with E-state index in [0.29, 0.717) is 12.0 Å². The number of aromatic nitrogens is 4. The van der Waals surface area contributed by atoms with E-state index in [0.717, 1.165) is 17.4 Å². The predicted molar refractivity (Wildman–Crippen MR) is 78.7 cm³/mol. The zero-order chi connectivity index (χ0) is 13.9. The molecule has 1 saturated carbocycles. The highest BCUT2D eigenvalue weighted by molar-refractivity contribution is 5.44. The lowest BCUT2D eigenvalue weighted by Crippen LogP contribution is -2.33. The summed E-state index contributed by atoms with van der Waals surface area (Å²) in [4.78, 5) is 8.35. The van der Waals surface area contributed by atoms with E-state index in [2.05, 4.69) is 40.3 Å². The molecule has 0 saturated heterocycles. The highest BCUT2D eigenvalue weighted by Crippen LogP contribution is 2.30. The molecule has 5 heteroatoms. The molecule has 3 rings (SSSR count). The van der Waals surface area contributed by atoms with Gasteiger partial charge in [0.05, 0.1) is 11.9 Å². The summed E-state index contributed by atoms with van der Waals surface area (Å²) in [6.07, 6.45) is 8.91. The summed E-state index contributed by atoms with van der Waals surface area (Å²) < 4.78 is 1.66. The van der Waals surface area contributed by atoms with Crippen LogP contribution < -0.4 is 5.32 Å². The Morgan fingerprint density at radius 3 is 2.80 bits per heavy atom. The van der Waals surface area contributed by atoms with E-state index in [-0.39, 0.29) is 0 Å². The Morgan fingerprint density at radius 2 is 2.15 bits per heavy atom. The minimum Gasteiger partial charge on any atom is -0.381 e. The number of rotatable bonds is 3. The van der Waals surface area contributed by atoms with Crippen LogP contribution in [0.15, 0.2) is 31.0 Å². The van der Waals surface area contributed by atoms with Crippen molar-refractivity contribution in [3.8, 4) is 5.82 Å². The fourth-order valence-electron chi connectivity index (χ4n) is 3.03. The Morgan fingerprint density at radius 1 is 1.25 bits per heavy atom. The summed E-state index contributed by atoms with van der Waals surface area (Å²) >= 11 is 0. The van der Waals surface area contributed by atoms with Crippen molar-refractivity contribution in [3.05, 3.63) is 31.0 Å². The van der Waals surface area contributed by atoms with Crippen LogP contribution in [0.1, 0.15) is 33.1 Å². The number of hydrogen-bond donors (Lipinski definition) is 1. The molecule has 20 heavy (non-hydrogen) atoms. The summed E-state index contributed by atoms with van der Waals surface area (Å²) in [5.41, 5.74) is 1.08. The van der Waals surface area contributed by atoms with Crippen molar-refractivity contribution in [2.45, 2.75) is 39.2 Å². The van der Waals surface area contributed by atoms with Crippen molar-refractivity contribution in [3.63, 3.8) is 0 Å². The molecule has 0 aromatic carbocycles. The van der Waals surface area contributed by atoms with E-state index in [4.69, 9.17) is 0 Å². The van der Waals surface area contributed by atoms with Crippen LogP contribution in [-0.2, 0) is 0 Å². The number of anilines is 1. The molecule has 0 radical (unpaired) electrons. The maximum atomic E-state index is 4.42. The first-order valence-corrected chi connectivity index (χ1v) is 7.30.